The zero-order valence-electron chi connectivity index (χ0n) is 12.6. The van der Waals surface area contributed by atoms with Crippen LogP contribution in [0.25, 0.3) is 0 Å². The van der Waals surface area contributed by atoms with E-state index in [9.17, 15) is 9.90 Å². The van der Waals surface area contributed by atoms with Crippen LogP contribution in [0, 0.1) is 0 Å². The third-order valence-corrected chi connectivity index (χ3v) is 3.69. The Kier molecular flexibility index (Phi) is 3.78. The fraction of sp³-hybridized carbons (Fsp3) is 0.562. The molecule has 1 aromatic carbocycles. The first-order valence-corrected chi connectivity index (χ1v) is 7.02. The Morgan fingerprint density at radius 2 is 1.85 bits per heavy atom. The molecule has 1 aromatic rings. The number of carbonyl (C=O) groups is 1. The average Bonchev–Trinajstić information content (AvgIpc) is 3.08. The lowest BCUT2D eigenvalue weighted by atomic mass is 9.91. The van der Waals surface area contributed by atoms with Crippen LogP contribution in [0.2, 0.25) is 0 Å². The maximum absolute atomic E-state index is 11.7. The van der Waals surface area contributed by atoms with Crippen molar-refractivity contribution in [2.45, 2.75) is 57.7 Å². The lowest BCUT2D eigenvalue weighted by Crippen LogP contribution is -2.27. The lowest BCUT2D eigenvalue weighted by Gasteiger charge is -2.21. The summed E-state index contributed by atoms with van der Waals surface area (Å²) in [6.45, 7) is 7.32. The molecule has 1 atom stereocenters. The first kappa shape index (κ1) is 14.9. The van der Waals surface area contributed by atoms with Crippen molar-refractivity contribution in [3.8, 4) is 0 Å². The second kappa shape index (κ2) is 5.09. The molecule has 110 valence electrons. The summed E-state index contributed by atoms with van der Waals surface area (Å²) in [4.78, 5) is 11.7. The Labute approximate surface area is 120 Å². The van der Waals surface area contributed by atoms with Gasteiger partial charge in [-0.2, -0.15) is 0 Å². The normalized spacial score (nSPS) is 18.2. The standard InChI is InChI=1S/C16H23NO3/c1-11(18)16(9-10-16)12-5-7-13(8-6-12)17-14(19)20-15(2,3)4/h5-8,11,18H,9-10H2,1-4H3,(H,17,19). The zero-order chi connectivity index (χ0) is 15.0. The minimum absolute atomic E-state index is 0.0789. The molecule has 0 spiro atoms. The van der Waals surface area contributed by atoms with Gasteiger partial charge in [0.2, 0.25) is 0 Å². The predicted molar refractivity (Wildman–Crippen MR) is 78.9 cm³/mol. The van der Waals surface area contributed by atoms with Crippen LogP contribution < -0.4 is 5.32 Å². The van der Waals surface area contributed by atoms with Gasteiger partial charge in [0.25, 0.3) is 0 Å². The molecule has 1 amide bonds. The van der Waals surface area contributed by atoms with Gasteiger partial charge in [-0.1, -0.05) is 12.1 Å². The van der Waals surface area contributed by atoms with E-state index in [0.717, 1.165) is 18.4 Å². The van der Waals surface area contributed by atoms with E-state index in [4.69, 9.17) is 4.74 Å². The lowest BCUT2D eigenvalue weighted by molar-refractivity contribution is 0.0636. The maximum atomic E-state index is 11.7. The largest absolute Gasteiger partial charge is 0.444 e. The minimum atomic E-state index is -0.506. The smallest absolute Gasteiger partial charge is 0.412 e. The van der Waals surface area contributed by atoms with Gasteiger partial charge in [0.05, 0.1) is 6.10 Å². The quantitative estimate of drug-likeness (QED) is 0.889. The van der Waals surface area contributed by atoms with E-state index in [1.165, 1.54) is 0 Å². The van der Waals surface area contributed by atoms with Gasteiger partial charge in [0.1, 0.15) is 5.60 Å². The van der Waals surface area contributed by atoms with Crippen molar-refractivity contribution >= 4 is 11.8 Å². The van der Waals surface area contributed by atoms with E-state index in [1.807, 2.05) is 52.0 Å². The highest BCUT2D eigenvalue weighted by Crippen LogP contribution is 2.51. The topological polar surface area (TPSA) is 58.6 Å². The van der Waals surface area contributed by atoms with Crippen LogP contribution in [0.1, 0.15) is 46.1 Å². The van der Waals surface area contributed by atoms with Gasteiger partial charge in [0.15, 0.2) is 0 Å². The van der Waals surface area contributed by atoms with Gasteiger partial charge in [-0.25, -0.2) is 4.79 Å². The number of nitrogens with one attached hydrogen (secondary N) is 1. The number of aliphatic hydroxyl groups is 1. The third kappa shape index (κ3) is 3.31. The number of aliphatic hydroxyl groups excluding tert-OH is 1. The molecule has 0 aromatic heterocycles. The summed E-state index contributed by atoms with van der Waals surface area (Å²) in [6.07, 6.45) is 1.24. The summed E-state index contributed by atoms with van der Waals surface area (Å²) in [5.41, 5.74) is 1.24. The first-order valence-electron chi connectivity index (χ1n) is 7.02. The Hall–Kier alpha value is -1.55. The van der Waals surface area contributed by atoms with Crippen molar-refractivity contribution in [1.82, 2.24) is 0 Å². The van der Waals surface area contributed by atoms with Gasteiger partial charge in [-0.3, -0.25) is 5.32 Å². The molecular weight excluding hydrogens is 254 g/mol. The van der Waals surface area contributed by atoms with Gasteiger partial charge < -0.3 is 9.84 Å². The highest BCUT2D eigenvalue weighted by molar-refractivity contribution is 5.84. The molecule has 0 aliphatic heterocycles. The molecule has 0 heterocycles. The fourth-order valence-corrected chi connectivity index (χ4v) is 2.39. The monoisotopic (exact) mass is 277 g/mol. The number of rotatable bonds is 3. The molecule has 1 aliphatic carbocycles. The van der Waals surface area contributed by atoms with Gasteiger partial charge in [-0.05, 0) is 58.2 Å². The highest BCUT2D eigenvalue weighted by Gasteiger charge is 2.48. The Balaban J connectivity index is 2.01. The summed E-state index contributed by atoms with van der Waals surface area (Å²) in [5.74, 6) is 0. The number of hydrogen-bond donors (Lipinski definition) is 2. The Morgan fingerprint density at radius 3 is 2.25 bits per heavy atom. The van der Waals surface area contributed by atoms with Crippen LogP contribution in [0.5, 0.6) is 0 Å². The SMILES string of the molecule is CC(O)C1(c2ccc(NC(=O)OC(C)(C)C)cc2)CC1. The number of amides is 1. The molecule has 0 bridgehead atoms. The van der Waals surface area contributed by atoms with Crippen molar-refractivity contribution in [1.29, 1.82) is 0 Å². The second-order valence-corrected chi connectivity index (χ2v) is 6.54. The molecule has 1 unspecified atom stereocenters. The molecule has 0 saturated heterocycles. The van der Waals surface area contributed by atoms with Crippen LogP contribution >= 0.6 is 0 Å². The Bertz CT molecular complexity index is 481. The van der Waals surface area contributed by atoms with Crippen LogP contribution in [-0.2, 0) is 10.2 Å². The van der Waals surface area contributed by atoms with Crippen LogP contribution in [-0.4, -0.2) is 22.9 Å². The van der Waals surface area contributed by atoms with Crippen LogP contribution in [0.4, 0.5) is 10.5 Å². The third-order valence-electron chi connectivity index (χ3n) is 3.69. The summed E-state index contributed by atoms with van der Waals surface area (Å²) >= 11 is 0. The molecule has 1 fully saturated rings. The van der Waals surface area contributed by atoms with Crippen molar-refractivity contribution in [3.63, 3.8) is 0 Å². The fourth-order valence-electron chi connectivity index (χ4n) is 2.39. The van der Waals surface area contributed by atoms with E-state index in [-0.39, 0.29) is 11.5 Å². The van der Waals surface area contributed by atoms with Gasteiger partial charge in [0, 0.05) is 11.1 Å². The zero-order valence-corrected chi connectivity index (χ0v) is 12.6. The van der Waals surface area contributed by atoms with E-state index >= 15 is 0 Å². The summed E-state index contributed by atoms with van der Waals surface area (Å²) < 4.78 is 5.20. The molecule has 4 heteroatoms. The predicted octanol–water partition coefficient (Wildman–Crippen LogP) is 3.45. The molecule has 1 saturated carbocycles. The maximum Gasteiger partial charge on any atom is 0.412 e. The van der Waals surface area contributed by atoms with Crippen LogP contribution in [0.15, 0.2) is 24.3 Å². The number of carbonyl (C=O) groups excluding carboxylic acids is 1. The molecule has 20 heavy (non-hydrogen) atoms. The van der Waals surface area contributed by atoms with Crippen LogP contribution in [0.3, 0.4) is 0 Å². The molecule has 2 N–H and O–H groups in total. The Morgan fingerprint density at radius 1 is 1.30 bits per heavy atom. The molecule has 1 aliphatic rings. The van der Waals surface area contributed by atoms with Gasteiger partial charge in [-0.15, -0.1) is 0 Å². The summed E-state index contributed by atoms with van der Waals surface area (Å²) in [6, 6.07) is 7.63. The number of benzene rings is 1. The van der Waals surface area contributed by atoms with Gasteiger partial charge >= 0.3 is 6.09 Å². The number of anilines is 1. The van der Waals surface area contributed by atoms with Crippen molar-refractivity contribution in [2.75, 3.05) is 5.32 Å². The van der Waals surface area contributed by atoms with Crippen molar-refractivity contribution < 1.29 is 14.6 Å². The molecule has 4 nitrogen and oxygen atoms in total. The van der Waals surface area contributed by atoms with Crippen molar-refractivity contribution in [2.24, 2.45) is 0 Å². The van der Waals surface area contributed by atoms with Crippen molar-refractivity contribution in [3.05, 3.63) is 29.8 Å². The van der Waals surface area contributed by atoms with E-state index in [1.54, 1.807) is 0 Å². The molecule has 0 radical (unpaired) electrons. The number of hydrogen-bond acceptors (Lipinski definition) is 3. The van der Waals surface area contributed by atoms with E-state index in [2.05, 4.69) is 5.32 Å². The minimum Gasteiger partial charge on any atom is -0.444 e. The highest BCUT2D eigenvalue weighted by atomic mass is 16.6. The second-order valence-electron chi connectivity index (χ2n) is 6.54. The number of ether oxygens (including phenoxy) is 1. The van der Waals surface area contributed by atoms with E-state index < -0.39 is 11.7 Å². The van der Waals surface area contributed by atoms with E-state index in [0.29, 0.717) is 5.69 Å². The summed E-state index contributed by atoms with van der Waals surface area (Å²) in [7, 11) is 0. The average molecular weight is 277 g/mol. The first-order chi connectivity index (χ1) is 9.23. The molecule has 2 rings (SSSR count). The molecular formula is C16H23NO3. The summed E-state index contributed by atoms with van der Waals surface area (Å²) in [5, 5.41) is 12.6.